The molecule has 0 saturated heterocycles. The molecule has 116 valence electrons. The molecule has 1 unspecified atom stereocenters. The van der Waals surface area contributed by atoms with Crippen molar-refractivity contribution in [3.05, 3.63) is 30.1 Å². The second-order valence-corrected chi connectivity index (χ2v) is 5.17. The van der Waals surface area contributed by atoms with E-state index in [1.807, 2.05) is 12.1 Å². The average molecular weight is 325 g/mol. The van der Waals surface area contributed by atoms with Crippen LogP contribution in [-0.2, 0) is 6.54 Å². The molecule has 0 spiro atoms. The predicted octanol–water partition coefficient (Wildman–Crippen LogP) is 0.509. The van der Waals surface area contributed by atoms with Crippen LogP contribution in [0, 0.1) is 5.41 Å². The highest BCUT2D eigenvalue weighted by atomic mass is 35.5. The van der Waals surface area contributed by atoms with Gasteiger partial charge >= 0.3 is 0 Å². The Morgan fingerprint density at radius 1 is 1.25 bits per heavy atom. The van der Waals surface area contributed by atoms with Gasteiger partial charge in [0.15, 0.2) is 0 Å². The summed E-state index contributed by atoms with van der Waals surface area (Å²) in [6.45, 7) is 1.22. The molecule has 3 atom stereocenters. The van der Waals surface area contributed by atoms with Crippen molar-refractivity contribution in [2.75, 3.05) is 13.2 Å². The maximum absolute atomic E-state index is 9.58. The highest BCUT2D eigenvalue weighted by Crippen LogP contribution is 2.37. The van der Waals surface area contributed by atoms with Crippen LogP contribution in [0.2, 0.25) is 0 Å². The van der Waals surface area contributed by atoms with Crippen molar-refractivity contribution in [3.63, 3.8) is 0 Å². The quantitative estimate of drug-likeness (QED) is 0.634. The van der Waals surface area contributed by atoms with Crippen LogP contribution in [0.5, 0.6) is 0 Å². The third-order valence-electron chi connectivity index (χ3n) is 3.62. The molecule has 0 aliphatic heterocycles. The van der Waals surface area contributed by atoms with Crippen molar-refractivity contribution in [1.82, 2.24) is 10.3 Å². The SMILES string of the molecule is Cl.Cl.OCC1(CNCc2cccnc2)C[C@@H](O)[C@@H](O)C1. The topological polar surface area (TPSA) is 85.6 Å². The Morgan fingerprint density at radius 3 is 2.40 bits per heavy atom. The van der Waals surface area contributed by atoms with Crippen molar-refractivity contribution < 1.29 is 15.3 Å². The largest absolute Gasteiger partial charge is 0.396 e. The van der Waals surface area contributed by atoms with Gasteiger partial charge in [0.1, 0.15) is 0 Å². The summed E-state index contributed by atoms with van der Waals surface area (Å²) in [4.78, 5) is 4.03. The first-order chi connectivity index (χ1) is 8.65. The van der Waals surface area contributed by atoms with E-state index < -0.39 is 17.6 Å². The van der Waals surface area contributed by atoms with Gasteiger partial charge in [0.05, 0.1) is 18.8 Å². The van der Waals surface area contributed by atoms with E-state index in [2.05, 4.69) is 10.3 Å². The summed E-state index contributed by atoms with van der Waals surface area (Å²) in [5.74, 6) is 0. The van der Waals surface area contributed by atoms with E-state index in [9.17, 15) is 15.3 Å². The molecule has 20 heavy (non-hydrogen) atoms. The second-order valence-electron chi connectivity index (χ2n) is 5.17. The molecule has 0 amide bonds. The molecular formula is C13H22Cl2N2O3. The molecule has 1 heterocycles. The Labute approximate surface area is 131 Å². The van der Waals surface area contributed by atoms with E-state index in [4.69, 9.17) is 0 Å². The zero-order valence-electron chi connectivity index (χ0n) is 11.1. The normalized spacial score (nSPS) is 28.6. The Kier molecular flexibility index (Phi) is 8.58. The fourth-order valence-electron chi connectivity index (χ4n) is 2.55. The van der Waals surface area contributed by atoms with Crippen LogP contribution < -0.4 is 5.32 Å². The minimum Gasteiger partial charge on any atom is -0.396 e. The van der Waals surface area contributed by atoms with Gasteiger partial charge in [0, 0.05) is 30.9 Å². The lowest BCUT2D eigenvalue weighted by atomic mass is 9.87. The van der Waals surface area contributed by atoms with E-state index in [0.717, 1.165) is 5.56 Å². The minimum atomic E-state index is -0.725. The maximum Gasteiger partial charge on any atom is 0.0806 e. The van der Waals surface area contributed by atoms with Crippen molar-refractivity contribution in [1.29, 1.82) is 0 Å². The molecule has 1 aromatic heterocycles. The van der Waals surface area contributed by atoms with Gasteiger partial charge in [-0.3, -0.25) is 4.98 Å². The zero-order valence-corrected chi connectivity index (χ0v) is 12.7. The predicted molar refractivity (Wildman–Crippen MR) is 81.2 cm³/mol. The highest BCUT2D eigenvalue weighted by Gasteiger charge is 2.43. The number of nitrogens with one attached hydrogen (secondary N) is 1. The van der Waals surface area contributed by atoms with Crippen molar-refractivity contribution in [2.45, 2.75) is 31.6 Å². The number of aromatic nitrogens is 1. The first kappa shape index (κ1) is 19.6. The molecule has 5 nitrogen and oxygen atoms in total. The number of aliphatic hydroxyl groups excluding tert-OH is 3. The van der Waals surface area contributed by atoms with Gasteiger partial charge in [0.2, 0.25) is 0 Å². The van der Waals surface area contributed by atoms with Crippen LogP contribution >= 0.6 is 24.8 Å². The summed E-state index contributed by atoms with van der Waals surface area (Å²) in [6.07, 6.45) is 2.93. The van der Waals surface area contributed by atoms with E-state index in [-0.39, 0.29) is 31.4 Å². The van der Waals surface area contributed by atoms with Gasteiger partial charge in [-0.05, 0) is 24.5 Å². The lowest BCUT2D eigenvalue weighted by Gasteiger charge is -2.26. The van der Waals surface area contributed by atoms with Crippen LogP contribution in [0.25, 0.3) is 0 Å². The summed E-state index contributed by atoms with van der Waals surface area (Å²) in [7, 11) is 0. The van der Waals surface area contributed by atoms with E-state index >= 15 is 0 Å². The van der Waals surface area contributed by atoms with E-state index in [1.165, 1.54) is 0 Å². The van der Waals surface area contributed by atoms with Crippen LogP contribution in [0.4, 0.5) is 0 Å². The summed E-state index contributed by atoms with van der Waals surface area (Å²) < 4.78 is 0. The zero-order chi connectivity index (χ0) is 13.0. The van der Waals surface area contributed by atoms with Gasteiger partial charge in [-0.2, -0.15) is 0 Å². The van der Waals surface area contributed by atoms with Gasteiger partial charge in [-0.25, -0.2) is 0 Å². The van der Waals surface area contributed by atoms with Crippen molar-refractivity contribution >= 4 is 24.8 Å². The third-order valence-corrected chi connectivity index (χ3v) is 3.62. The van der Waals surface area contributed by atoms with Crippen molar-refractivity contribution in [3.8, 4) is 0 Å². The number of pyridine rings is 1. The molecule has 0 bridgehead atoms. The van der Waals surface area contributed by atoms with Crippen LogP contribution in [0.3, 0.4) is 0 Å². The Morgan fingerprint density at radius 2 is 1.90 bits per heavy atom. The average Bonchev–Trinajstić information content (AvgIpc) is 2.67. The molecule has 1 fully saturated rings. The molecule has 1 saturated carbocycles. The third kappa shape index (κ3) is 4.84. The van der Waals surface area contributed by atoms with Gasteiger partial charge in [0.25, 0.3) is 0 Å². The van der Waals surface area contributed by atoms with Crippen LogP contribution in [0.15, 0.2) is 24.5 Å². The lowest BCUT2D eigenvalue weighted by molar-refractivity contribution is 0.0438. The molecule has 1 aromatic rings. The number of aliphatic hydroxyl groups is 3. The van der Waals surface area contributed by atoms with Crippen LogP contribution in [-0.4, -0.2) is 45.7 Å². The van der Waals surface area contributed by atoms with E-state index in [0.29, 0.717) is 25.9 Å². The van der Waals surface area contributed by atoms with Crippen LogP contribution in [0.1, 0.15) is 18.4 Å². The number of hydrogen-bond donors (Lipinski definition) is 4. The maximum atomic E-state index is 9.58. The molecule has 2 rings (SSSR count). The first-order valence-corrected chi connectivity index (χ1v) is 6.22. The molecular weight excluding hydrogens is 303 g/mol. The van der Waals surface area contributed by atoms with Gasteiger partial charge < -0.3 is 20.6 Å². The Hall–Kier alpha value is -0.430. The fraction of sp³-hybridized carbons (Fsp3) is 0.615. The molecule has 1 aliphatic carbocycles. The first-order valence-electron chi connectivity index (χ1n) is 6.22. The molecule has 7 heteroatoms. The van der Waals surface area contributed by atoms with E-state index in [1.54, 1.807) is 12.4 Å². The summed E-state index contributed by atoms with van der Waals surface area (Å²) in [5, 5.41) is 31.9. The number of halogens is 2. The molecule has 0 radical (unpaired) electrons. The molecule has 1 aliphatic rings. The Balaban J connectivity index is 0.00000180. The lowest BCUT2D eigenvalue weighted by Crippen LogP contribution is -2.35. The standard InChI is InChI=1S/C13H20N2O3.2ClH/c16-9-13(4-11(17)12(18)5-13)8-15-7-10-2-1-3-14-6-10;;/h1-3,6,11-12,15-18H,4-5,7-9H2;2*1H/t11-,12+,13?;;. The number of nitrogens with zero attached hydrogens (tertiary/aromatic N) is 1. The summed E-state index contributed by atoms with van der Waals surface area (Å²) in [6, 6.07) is 3.85. The van der Waals surface area contributed by atoms with Crippen molar-refractivity contribution in [2.24, 2.45) is 5.41 Å². The monoisotopic (exact) mass is 324 g/mol. The summed E-state index contributed by atoms with van der Waals surface area (Å²) in [5.41, 5.74) is 0.658. The smallest absolute Gasteiger partial charge is 0.0806 e. The fourth-order valence-corrected chi connectivity index (χ4v) is 2.55. The number of rotatable bonds is 5. The van der Waals surface area contributed by atoms with Gasteiger partial charge in [-0.15, -0.1) is 24.8 Å². The summed E-state index contributed by atoms with van der Waals surface area (Å²) >= 11 is 0. The highest BCUT2D eigenvalue weighted by molar-refractivity contribution is 5.85. The molecule has 4 N–H and O–H groups in total. The Bertz CT molecular complexity index is 371. The minimum absolute atomic E-state index is 0. The molecule has 0 aromatic carbocycles. The second kappa shape index (κ2) is 8.77. The van der Waals surface area contributed by atoms with Gasteiger partial charge in [-0.1, -0.05) is 6.07 Å². The number of hydrogen-bond acceptors (Lipinski definition) is 5.